The highest BCUT2D eigenvalue weighted by Gasteiger charge is 1.90. The van der Waals surface area contributed by atoms with Gasteiger partial charge in [0.25, 0.3) is 0 Å². The van der Waals surface area contributed by atoms with Gasteiger partial charge in [0.2, 0.25) is 0 Å². The van der Waals surface area contributed by atoms with Crippen LogP contribution in [0.1, 0.15) is 12.5 Å². The van der Waals surface area contributed by atoms with Crippen LogP contribution in [0.2, 0.25) is 0 Å². The molecule has 66 valence electrons. The smallest absolute Gasteiger partial charge is 0.0117 e. The Morgan fingerprint density at radius 2 is 1.92 bits per heavy atom. The number of hydrogen-bond acceptors (Lipinski definition) is 1. The predicted octanol–water partition coefficient (Wildman–Crippen LogP) is 2.51. The van der Waals surface area contributed by atoms with Crippen LogP contribution in [0.3, 0.4) is 0 Å². The highest BCUT2D eigenvalue weighted by molar-refractivity contribution is 5.85. The molecule has 12 heavy (non-hydrogen) atoms. The molecule has 2 heteroatoms. The zero-order valence-corrected chi connectivity index (χ0v) is 7.97. The molecular formula is C10H14ClN. The number of allylic oxidation sites excluding steroid dienone is 2. The van der Waals surface area contributed by atoms with Crippen LogP contribution in [0.25, 0.3) is 0 Å². The molecule has 0 aliphatic rings. The van der Waals surface area contributed by atoms with E-state index >= 15 is 0 Å². The van der Waals surface area contributed by atoms with Gasteiger partial charge in [-0.3, -0.25) is 0 Å². The molecule has 0 heterocycles. The molecular weight excluding hydrogens is 170 g/mol. The summed E-state index contributed by atoms with van der Waals surface area (Å²) >= 11 is 0. The summed E-state index contributed by atoms with van der Waals surface area (Å²) in [5, 5.41) is 0. The molecule has 0 radical (unpaired) electrons. The molecule has 0 atom stereocenters. The van der Waals surface area contributed by atoms with Gasteiger partial charge in [0.15, 0.2) is 0 Å². The molecule has 0 fully saturated rings. The SMILES string of the molecule is CC=C(N)Cc1ccccc1.Cl. The maximum Gasteiger partial charge on any atom is 0.0117 e. The fraction of sp³-hybridized carbons (Fsp3) is 0.200. The molecule has 1 aromatic carbocycles. The Morgan fingerprint density at radius 3 is 2.42 bits per heavy atom. The van der Waals surface area contributed by atoms with E-state index in [0.717, 1.165) is 12.1 Å². The first kappa shape index (κ1) is 11.1. The largest absolute Gasteiger partial charge is 0.402 e. The van der Waals surface area contributed by atoms with Gasteiger partial charge in [-0.05, 0) is 12.5 Å². The third-order valence-electron chi connectivity index (χ3n) is 1.62. The van der Waals surface area contributed by atoms with E-state index in [2.05, 4.69) is 12.1 Å². The van der Waals surface area contributed by atoms with Crippen molar-refractivity contribution < 1.29 is 0 Å². The summed E-state index contributed by atoms with van der Waals surface area (Å²) in [6, 6.07) is 10.2. The lowest BCUT2D eigenvalue weighted by Crippen LogP contribution is -1.99. The normalized spacial score (nSPS) is 10.6. The second-order valence-corrected chi connectivity index (χ2v) is 2.53. The topological polar surface area (TPSA) is 26.0 Å². The van der Waals surface area contributed by atoms with Crippen molar-refractivity contribution in [2.45, 2.75) is 13.3 Å². The van der Waals surface area contributed by atoms with Crippen LogP contribution < -0.4 is 5.73 Å². The molecule has 0 amide bonds. The summed E-state index contributed by atoms with van der Waals surface area (Å²) in [7, 11) is 0. The maximum absolute atomic E-state index is 5.67. The van der Waals surface area contributed by atoms with Crippen LogP contribution in [-0.2, 0) is 6.42 Å². The Hall–Kier alpha value is -0.950. The number of hydrogen-bond donors (Lipinski definition) is 1. The minimum Gasteiger partial charge on any atom is -0.402 e. The van der Waals surface area contributed by atoms with Crippen molar-refractivity contribution in [2.75, 3.05) is 0 Å². The summed E-state index contributed by atoms with van der Waals surface area (Å²) in [5.74, 6) is 0. The van der Waals surface area contributed by atoms with Gasteiger partial charge in [0, 0.05) is 12.1 Å². The lowest BCUT2D eigenvalue weighted by atomic mass is 10.1. The van der Waals surface area contributed by atoms with Gasteiger partial charge < -0.3 is 5.73 Å². The monoisotopic (exact) mass is 183 g/mol. The number of nitrogens with two attached hydrogens (primary N) is 1. The molecule has 0 saturated heterocycles. The fourth-order valence-electron chi connectivity index (χ4n) is 0.934. The Morgan fingerprint density at radius 1 is 1.33 bits per heavy atom. The Balaban J connectivity index is 0.00000121. The number of benzene rings is 1. The highest BCUT2D eigenvalue weighted by Crippen LogP contribution is 2.02. The zero-order chi connectivity index (χ0) is 8.10. The molecule has 0 spiro atoms. The van der Waals surface area contributed by atoms with Crippen LogP contribution >= 0.6 is 12.4 Å². The van der Waals surface area contributed by atoms with Gasteiger partial charge >= 0.3 is 0 Å². The van der Waals surface area contributed by atoms with Crippen molar-refractivity contribution in [3.63, 3.8) is 0 Å². The van der Waals surface area contributed by atoms with Crippen molar-refractivity contribution >= 4 is 12.4 Å². The van der Waals surface area contributed by atoms with Crippen molar-refractivity contribution in [3.8, 4) is 0 Å². The lowest BCUT2D eigenvalue weighted by molar-refractivity contribution is 1.10. The van der Waals surface area contributed by atoms with Crippen molar-refractivity contribution in [3.05, 3.63) is 47.7 Å². The molecule has 0 aromatic heterocycles. The summed E-state index contributed by atoms with van der Waals surface area (Å²) < 4.78 is 0. The van der Waals surface area contributed by atoms with Crippen LogP contribution in [0.4, 0.5) is 0 Å². The molecule has 1 rings (SSSR count). The van der Waals surface area contributed by atoms with E-state index in [9.17, 15) is 0 Å². The van der Waals surface area contributed by atoms with Crippen LogP contribution in [0.5, 0.6) is 0 Å². The Labute approximate surface area is 79.7 Å². The van der Waals surface area contributed by atoms with Gasteiger partial charge in [-0.1, -0.05) is 36.4 Å². The Kier molecular flexibility index (Phi) is 5.22. The zero-order valence-electron chi connectivity index (χ0n) is 7.16. The van der Waals surface area contributed by atoms with E-state index in [-0.39, 0.29) is 12.4 Å². The third kappa shape index (κ3) is 3.44. The van der Waals surface area contributed by atoms with E-state index in [4.69, 9.17) is 5.73 Å². The molecule has 0 bridgehead atoms. The first-order chi connectivity index (χ1) is 5.33. The fourth-order valence-corrected chi connectivity index (χ4v) is 0.934. The standard InChI is InChI=1S/C10H13N.ClH/c1-2-10(11)8-9-6-4-3-5-7-9;/h2-7H,8,11H2,1H3;1H. The van der Waals surface area contributed by atoms with E-state index < -0.39 is 0 Å². The summed E-state index contributed by atoms with van der Waals surface area (Å²) in [6.07, 6.45) is 2.80. The number of rotatable bonds is 2. The average Bonchev–Trinajstić information content (AvgIpc) is 2.06. The average molecular weight is 184 g/mol. The molecule has 0 saturated carbocycles. The summed E-state index contributed by atoms with van der Waals surface area (Å²) in [5.41, 5.74) is 7.86. The van der Waals surface area contributed by atoms with Gasteiger partial charge in [-0.2, -0.15) is 0 Å². The van der Waals surface area contributed by atoms with Crippen molar-refractivity contribution in [2.24, 2.45) is 5.73 Å². The van der Waals surface area contributed by atoms with Crippen LogP contribution in [-0.4, -0.2) is 0 Å². The minimum absolute atomic E-state index is 0. The first-order valence-electron chi connectivity index (χ1n) is 3.77. The second kappa shape index (κ2) is 5.67. The minimum atomic E-state index is 0. The van der Waals surface area contributed by atoms with E-state index in [1.807, 2.05) is 31.2 Å². The first-order valence-corrected chi connectivity index (χ1v) is 3.77. The van der Waals surface area contributed by atoms with Crippen molar-refractivity contribution in [1.82, 2.24) is 0 Å². The molecule has 0 aliphatic heterocycles. The van der Waals surface area contributed by atoms with Crippen molar-refractivity contribution in [1.29, 1.82) is 0 Å². The van der Waals surface area contributed by atoms with E-state index in [0.29, 0.717) is 0 Å². The molecule has 1 nitrogen and oxygen atoms in total. The van der Waals surface area contributed by atoms with Gasteiger partial charge in [0.05, 0.1) is 0 Å². The van der Waals surface area contributed by atoms with E-state index in [1.165, 1.54) is 5.56 Å². The molecule has 1 aromatic rings. The maximum atomic E-state index is 5.67. The summed E-state index contributed by atoms with van der Waals surface area (Å²) in [4.78, 5) is 0. The van der Waals surface area contributed by atoms with Gasteiger partial charge in [-0.25, -0.2) is 0 Å². The lowest BCUT2D eigenvalue weighted by Gasteiger charge is -1.99. The molecule has 2 N–H and O–H groups in total. The molecule has 0 unspecified atom stereocenters. The molecule has 0 aliphatic carbocycles. The highest BCUT2D eigenvalue weighted by atomic mass is 35.5. The van der Waals surface area contributed by atoms with Gasteiger partial charge in [0.1, 0.15) is 0 Å². The third-order valence-corrected chi connectivity index (χ3v) is 1.62. The Bertz CT molecular complexity index is 241. The van der Waals surface area contributed by atoms with Crippen LogP contribution in [0, 0.1) is 0 Å². The summed E-state index contributed by atoms with van der Waals surface area (Å²) in [6.45, 7) is 1.96. The van der Waals surface area contributed by atoms with Crippen LogP contribution in [0.15, 0.2) is 42.1 Å². The quantitative estimate of drug-likeness (QED) is 0.749. The predicted molar refractivity (Wildman–Crippen MR) is 55.3 cm³/mol. The van der Waals surface area contributed by atoms with E-state index in [1.54, 1.807) is 0 Å². The second-order valence-electron chi connectivity index (χ2n) is 2.53. The van der Waals surface area contributed by atoms with Gasteiger partial charge in [-0.15, -0.1) is 12.4 Å². The number of halogens is 1.